The summed E-state index contributed by atoms with van der Waals surface area (Å²) in [5, 5.41) is 10.8. The molecule has 0 unspecified atom stereocenters. The number of pyridine rings is 1. The molecular formula is C22H30N4O3+2. The minimum atomic E-state index is -0.412. The van der Waals surface area contributed by atoms with Crippen LogP contribution in [0.4, 0.5) is 11.5 Å². The van der Waals surface area contributed by atoms with E-state index in [2.05, 4.69) is 35.9 Å². The molecule has 0 bridgehead atoms. The number of carbonyl (C=O) groups is 1. The van der Waals surface area contributed by atoms with Gasteiger partial charge in [-0.15, -0.1) is 0 Å². The smallest absolute Gasteiger partial charge is 0.308 e. The molecule has 3 rings (SSSR count). The van der Waals surface area contributed by atoms with Crippen molar-refractivity contribution in [2.24, 2.45) is 5.92 Å². The molecule has 1 aliphatic heterocycles. The van der Waals surface area contributed by atoms with Crippen LogP contribution in [-0.4, -0.2) is 42.9 Å². The van der Waals surface area contributed by atoms with Crippen LogP contribution in [0.25, 0.3) is 0 Å². The molecule has 1 atom stereocenters. The monoisotopic (exact) mass is 398 g/mol. The first kappa shape index (κ1) is 20.9. The van der Waals surface area contributed by atoms with Crippen molar-refractivity contribution >= 4 is 17.3 Å². The lowest BCUT2D eigenvalue weighted by atomic mass is 9.98. The topological polar surface area (TPSA) is 82.0 Å². The molecule has 1 aromatic carbocycles. The van der Waals surface area contributed by atoms with Gasteiger partial charge in [0.1, 0.15) is 32.2 Å². The first-order chi connectivity index (χ1) is 13.8. The summed E-state index contributed by atoms with van der Waals surface area (Å²) in [6, 6.07) is 11.2. The Kier molecular flexibility index (Phi) is 6.59. The number of Topliss-reactive ketones (excluding diaryl/α,β-unsaturated/α-hetero) is 1. The van der Waals surface area contributed by atoms with Gasteiger partial charge in [0.2, 0.25) is 5.78 Å². The first-order valence-corrected chi connectivity index (χ1v) is 10.2. The Labute approximate surface area is 171 Å². The molecule has 154 valence electrons. The van der Waals surface area contributed by atoms with E-state index < -0.39 is 4.92 Å². The lowest BCUT2D eigenvalue weighted by Gasteiger charge is -2.31. The molecule has 29 heavy (non-hydrogen) atoms. The molecule has 2 aromatic rings. The molecule has 0 saturated carbocycles. The molecule has 2 heterocycles. The minimum absolute atomic E-state index is 0.0524. The van der Waals surface area contributed by atoms with Gasteiger partial charge in [-0.3, -0.25) is 19.8 Å². The van der Waals surface area contributed by atoms with Crippen LogP contribution in [0.3, 0.4) is 0 Å². The number of hydrogen-bond acceptors (Lipinski definition) is 4. The Bertz CT molecular complexity index is 841. The third kappa shape index (κ3) is 5.17. The molecule has 1 saturated heterocycles. The molecule has 7 heteroatoms. The summed E-state index contributed by atoms with van der Waals surface area (Å²) >= 11 is 0. The summed E-state index contributed by atoms with van der Waals surface area (Å²) < 4.78 is 0. The number of benzene rings is 1. The normalized spacial score (nSPS) is 16.1. The molecule has 0 spiro atoms. The van der Waals surface area contributed by atoms with Gasteiger partial charge in [-0.2, -0.15) is 0 Å². The van der Waals surface area contributed by atoms with Crippen molar-refractivity contribution in [3.05, 3.63) is 63.8 Å². The van der Waals surface area contributed by atoms with Crippen molar-refractivity contribution in [3.63, 3.8) is 0 Å². The predicted octanol–water partition coefficient (Wildman–Crippen LogP) is 1.58. The molecule has 1 aliphatic rings. The largest absolute Gasteiger partial charge is 0.320 e. The van der Waals surface area contributed by atoms with E-state index in [1.54, 1.807) is 6.07 Å². The van der Waals surface area contributed by atoms with E-state index in [0.29, 0.717) is 5.92 Å². The number of aromatic nitrogens is 1. The number of hydrogen-bond donors (Lipinski definition) is 1. The average molecular weight is 399 g/mol. The van der Waals surface area contributed by atoms with Gasteiger partial charge in [-0.25, -0.2) is 4.98 Å². The highest BCUT2D eigenvalue weighted by atomic mass is 16.6. The van der Waals surface area contributed by atoms with Crippen LogP contribution in [0.2, 0.25) is 0 Å². The molecule has 0 aliphatic carbocycles. The fraction of sp³-hybridized carbons (Fsp3) is 0.455. The molecule has 7 nitrogen and oxygen atoms in total. The first-order valence-electron chi connectivity index (χ1n) is 10.2. The van der Waals surface area contributed by atoms with Crippen LogP contribution < -0.4 is 14.8 Å². The van der Waals surface area contributed by atoms with E-state index in [-0.39, 0.29) is 17.5 Å². The van der Waals surface area contributed by atoms with Gasteiger partial charge in [-0.05, 0) is 24.8 Å². The zero-order chi connectivity index (χ0) is 21.0. The highest BCUT2D eigenvalue weighted by Gasteiger charge is 2.33. The van der Waals surface area contributed by atoms with Crippen LogP contribution >= 0.6 is 0 Å². The lowest BCUT2D eigenvalue weighted by molar-refractivity contribution is -0.914. The number of H-pyrrole nitrogens is 1. The van der Waals surface area contributed by atoms with Gasteiger partial charge in [0.05, 0.1) is 4.92 Å². The fourth-order valence-electron chi connectivity index (χ4n) is 3.90. The van der Waals surface area contributed by atoms with E-state index in [9.17, 15) is 14.9 Å². The van der Waals surface area contributed by atoms with E-state index in [1.165, 1.54) is 22.7 Å². The highest BCUT2D eigenvalue weighted by molar-refractivity contribution is 5.99. The molecule has 0 amide bonds. The summed E-state index contributed by atoms with van der Waals surface area (Å²) in [6.45, 7) is 9.69. The maximum absolute atomic E-state index is 12.9. The zero-order valence-corrected chi connectivity index (χ0v) is 17.4. The molecule has 1 aromatic heterocycles. The van der Waals surface area contributed by atoms with Crippen molar-refractivity contribution in [2.45, 2.75) is 33.2 Å². The number of piperazine rings is 1. The molecule has 2 N–H and O–H groups in total. The van der Waals surface area contributed by atoms with E-state index in [4.69, 9.17) is 0 Å². The number of carbonyl (C=O) groups excluding carboxylic acids is 1. The van der Waals surface area contributed by atoms with Crippen LogP contribution in [0.15, 0.2) is 42.6 Å². The lowest BCUT2D eigenvalue weighted by Crippen LogP contribution is -3.18. The number of nitrogens with one attached hydrogen (secondary N) is 2. The van der Waals surface area contributed by atoms with Gasteiger partial charge in [0, 0.05) is 17.7 Å². The Balaban J connectivity index is 1.57. The number of quaternary nitrogens is 1. The van der Waals surface area contributed by atoms with Gasteiger partial charge < -0.3 is 4.90 Å². The maximum atomic E-state index is 12.9. The van der Waals surface area contributed by atoms with Gasteiger partial charge in [-0.1, -0.05) is 38.1 Å². The Morgan fingerprint density at radius 2 is 1.79 bits per heavy atom. The zero-order valence-electron chi connectivity index (χ0n) is 17.4. The Hall–Kier alpha value is -2.80. The summed E-state index contributed by atoms with van der Waals surface area (Å²) in [7, 11) is 0. The maximum Gasteiger partial charge on any atom is 0.308 e. The second-order valence-electron chi connectivity index (χ2n) is 8.22. The van der Waals surface area contributed by atoms with Crippen molar-refractivity contribution in [1.82, 2.24) is 0 Å². The Morgan fingerprint density at radius 1 is 1.14 bits per heavy atom. The number of ketones is 1. The molecule has 1 fully saturated rings. The van der Waals surface area contributed by atoms with Gasteiger partial charge in [0.25, 0.3) is 5.82 Å². The average Bonchev–Trinajstić information content (AvgIpc) is 2.73. The SMILES string of the molecule is CC(C)Cc1ccc(C(=O)[C@@H](C)[NH+]2CCN(c3ccc([N+](=O)[O-])c[nH+]3)CC2)cc1. The fourth-order valence-corrected chi connectivity index (χ4v) is 3.90. The second kappa shape index (κ2) is 9.13. The van der Waals surface area contributed by atoms with Crippen molar-refractivity contribution < 1.29 is 19.6 Å². The quantitative estimate of drug-likeness (QED) is 0.436. The van der Waals surface area contributed by atoms with Gasteiger partial charge in [0.15, 0.2) is 6.20 Å². The molecular weight excluding hydrogens is 368 g/mol. The number of rotatable bonds is 7. The number of nitro groups is 1. The third-order valence-electron chi connectivity index (χ3n) is 5.63. The van der Waals surface area contributed by atoms with E-state index >= 15 is 0 Å². The predicted molar refractivity (Wildman–Crippen MR) is 111 cm³/mol. The minimum Gasteiger partial charge on any atom is -0.320 e. The van der Waals surface area contributed by atoms with Crippen molar-refractivity contribution in [1.29, 1.82) is 0 Å². The van der Waals surface area contributed by atoms with Crippen molar-refractivity contribution in [3.8, 4) is 0 Å². The second-order valence-corrected chi connectivity index (χ2v) is 8.22. The summed E-state index contributed by atoms with van der Waals surface area (Å²) in [6.07, 6.45) is 2.45. The molecule has 0 radical (unpaired) electrons. The number of anilines is 1. The van der Waals surface area contributed by atoms with Gasteiger partial charge >= 0.3 is 5.69 Å². The number of nitrogens with zero attached hydrogens (tertiary/aromatic N) is 2. The summed E-state index contributed by atoms with van der Waals surface area (Å²) in [4.78, 5) is 29.8. The summed E-state index contributed by atoms with van der Waals surface area (Å²) in [5.41, 5.74) is 2.10. The third-order valence-corrected chi connectivity index (χ3v) is 5.63. The summed E-state index contributed by atoms with van der Waals surface area (Å²) in [5.74, 6) is 1.66. The van der Waals surface area contributed by atoms with Crippen LogP contribution in [-0.2, 0) is 6.42 Å². The van der Waals surface area contributed by atoms with Crippen molar-refractivity contribution in [2.75, 3.05) is 31.1 Å². The van der Waals surface area contributed by atoms with Crippen LogP contribution in [0.1, 0.15) is 36.7 Å². The van der Waals surface area contributed by atoms with Crippen LogP contribution in [0, 0.1) is 16.0 Å². The Morgan fingerprint density at radius 3 is 2.31 bits per heavy atom. The standard InChI is InChI=1S/C22H28N4O3/c1-16(2)14-18-4-6-19(7-5-18)22(27)17(3)24-10-12-25(13-11-24)21-9-8-20(15-23-21)26(28)29/h4-9,15-17H,10-14H2,1-3H3/p+2/t17-/m1/s1. The highest BCUT2D eigenvalue weighted by Crippen LogP contribution is 2.13. The van der Waals surface area contributed by atoms with E-state index in [0.717, 1.165) is 44.0 Å². The number of aromatic amines is 1. The van der Waals surface area contributed by atoms with E-state index in [1.807, 2.05) is 19.1 Å². The van der Waals surface area contributed by atoms with Crippen LogP contribution in [0.5, 0.6) is 0 Å².